The highest BCUT2D eigenvalue weighted by Gasteiger charge is 2.18. The average Bonchev–Trinajstić information content (AvgIpc) is 3.09. The first-order valence-electron chi connectivity index (χ1n) is 7.73. The molecule has 0 atom stereocenters. The molecule has 2 heterocycles. The van der Waals surface area contributed by atoms with Crippen molar-refractivity contribution in [2.75, 3.05) is 11.0 Å². The van der Waals surface area contributed by atoms with Gasteiger partial charge >= 0.3 is 0 Å². The molecule has 0 unspecified atom stereocenters. The first-order valence-corrected chi connectivity index (χ1v) is 9.62. The van der Waals surface area contributed by atoms with Gasteiger partial charge in [-0.15, -0.1) is 0 Å². The number of sulfonamides is 1. The molecule has 0 fully saturated rings. The molecule has 24 heavy (non-hydrogen) atoms. The van der Waals surface area contributed by atoms with Gasteiger partial charge in [-0.2, -0.15) is 0 Å². The zero-order chi connectivity index (χ0) is 17.3. The quantitative estimate of drug-likeness (QED) is 0.855. The Morgan fingerprint density at radius 2 is 2.17 bits per heavy atom. The number of hydrogen-bond acceptors (Lipinski definition) is 4. The summed E-state index contributed by atoms with van der Waals surface area (Å²) < 4.78 is 27.5. The molecule has 2 aromatic rings. The second kappa shape index (κ2) is 6.27. The molecule has 2 N–H and O–H groups in total. The Morgan fingerprint density at radius 3 is 2.92 bits per heavy atom. The Bertz CT molecular complexity index is 887. The summed E-state index contributed by atoms with van der Waals surface area (Å²) >= 11 is 0. The molecule has 128 valence electrons. The Kier molecular flexibility index (Phi) is 4.31. The highest BCUT2D eigenvalue weighted by atomic mass is 32.2. The first-order chi connectivity index (χ1) is 11.3. The molecule has 1 aromatic carbocycles. The van der Waals surface area contributed by atoms with E-state index in [-0.39, 0.29) is 11.6 Å². The summed E-state index contributed by atoms with van der Waals surface area (Å²) in [4.78, 5) is 16.9. The monoisotopic (exact) mass is 348 g/mol. The number of aromatic nitrogens is 2. The largest absolute Gasteiger partial charge is 0.346 e. The standard InChI is InChI=1S/C16H20N4O3S/c1-11-5-6-14(19-24(2,22)23)13(8-11)16(21)18-10-12-9-17-15-4-3-7-20(12)15/h5-6,8-9,19H,3-4,7,10H2,1-2H3,(H,18,21). The molecule has 1 aliphatic heterocycles. The van der Waals surface area contributed by atoms with Gasteiger partial charge in [-0.05, 0) is 25.5 Å². The lowest BCUT2D eigenvalue weighted by Crippen LogP contribution is -2.26. The second-order valence-electron chi connectivity index (χ2n) is 6.03. The maximum Gasteiger partial charge on any atom is 0.253 e. The van der Waals surface area contributed by atoms with Crippen LogP contribution in [0.1, 0.15) is 33.9 Å². The van der Waals surface area contributed by atoms with Crippen molar-refractivity contribution in [1.29, 1.82) is 0 Å². The Labute approximate surface area is 141 Å². The smallest absolute Gasteiger partial charge is 0.253 e. The minimum absolute atomic E-state index is 0.277. The number of anilines is 1. The maximum atomic E-state index is 12.5. The van der Waals surface area contributed by atoms with E-state index in [1.165, 1.54) is 0 Å². The van der Waals surface area contributed by atoms with Crippen LogP contribution in [-0.2, 0) is 29.5 Å². The van der Waals surface area contributed by atoms with Crippen molar-refractivity contribution in [2.24, 2.45) is 0 Å². The van der Waals surface area contributed by atoms with Gasteiger partial charge in [0.1, 0.15) is 5.82 Å². The normalized spacial score (nSPS) is 13.6. The van der Waals surface area contributed by atoms with E-state index in [9.17, 15) is 13.2 Å². The maximum absolute atomic E-state index is 12.5. The van der Waals surface area contributed by atoms with E-state index < -0.39 is 10.0 Å². The van der Waals surface area contributed by atoms with Gasteiger partial charge in [0.05, 0.1) is 35.9 Å². The summed E-state index contributed by atoms with van der Waals surface area (Å²) in [5.41, 5.74) is 2.42. The predicted octanol–water partition coefficient (Wildman–Crippen LogP) is 1.44. The van der Waals surface area contributed by atoms with Crippen molar-refractivity contribution in [3.05, 3.63) is 47.0 Å². The molecular formula is C16H20N4O3S. The first kappa shape index (κ1) is 16.5. The summed E-state index contributed by atoms with van der Waals surface area (Å²) in [5.74, 6) is 0.729. The van der Waals surface area contributed by atoms with Crippen molar-refractivity contribution in [3.63, 3.8) is 0 Å². The lowest BCUT2D eigenvalue weighted by atomic mass is 10.1. The fraction of sp³-hybridized carbons (Fsp3) is 0.375. The highest BCUT2D eigenvalue weighted by Crippen LogP contribution is 2.19. The molecule has 0 bridgehead atoms. The fourth-order valence-electron chi connectivity index (χ4n) is 2.86. The number of carbonyl (C=O) groups excluding carboxylic acids is 1. The summed E-state index contributed by atoms with van der Waals surface area (Å²) in [7, 11) is -3.46. The predicted molar refractivity (Wildman–Crippen MR) is 91.4 cm³/mol. The van der Waals surface area contributed by atoms with Crippen molar-refractivity contribution in [1.82, 2.24) is 14.9 Å². The van der Waals surface area contributed by atoms with E-state index >= 15 is 0 Å². The van der Waals surface area contributed by atoms with E-state index in [2.05, 4.69) is 19.6 Å². The molecule has 7 nitrogen and oxygen atoms in total. The van der Waals surface area contributed by atoms with Gasteiger partial charge in [0, 0.05) is 13.0 Å². The molecule has 1 aliphatic rings. The SMILES string of the molecule is Cc1ccc(NS(C)(=O)=O)c(C(=O)NCc2cnc3n2CCC3)c1. The molecule has 0 saturated carbocycles. The van der Waals surface area contributed by atoms with E-state index in [0.717, 1.165) is 42.7 Å². The number of hydrogen-bond donors (Lipinski definition) is 2. The summed E-state index contributed by atoms with van der Waals surface area (Å²) in [5, 5.41) is 2.85. The molecule has 3 rings (SSSR count). The van der Waals surface area contributed by atoms with Gasteiger partial charge in [0.15, 0.2) is 0 Å². The number of rotatable bonds is 5. The number of fused-ring (bicyclic) bond motifs is 1. The van der Waals surface area contributed by atoms with Crippen LogP contribution < -0.4 is 10.0 Å². The van der Waals surface area contributed by atoms with Crippen LogP contribution in [0.2, 0.25) is 0 Å². The molecule has 1 aromatic heterocycles. The number of nitrogens with one attached hydrogen (secondary N) is 2. The number of imidazole rings is 1. The van der Waals surface area contributed by atoms with Crippen LogP contribution >= 0.6 is 0 Å². The van der Waals surface area contributed by atoms with Gasteiger partial charge in [-0.1, -0.05) is 11.6 Å². The zero-order valence-electron chi connectivity index (χ0n) is 13.7. The van der Waals surface area contributed by atoms with Crippen LogP contribution in [0.4, 0.5) is 5.69 Å². The molecule has 0 aliphatic carbocycles. The molecular weight excluding hydrogens is 328 g/mol. The van der Waals surface area contributed by atoms with Crippen LogP contribution in [0.3, 0.4) is 0 Å². The highest BCUT2D eigenvalue weighted by molar-refractivity contribution is 7.92. The summed E-state index contributed by atoms with van der Waals surface area (Å²) in [6, 6.07) is 5.03. The molecule has 1 amide bonds. The third kappa shape index (κ3) is 3.59. The van der Waals surface area contributed by atoms with Crippen LogP contribution in [0.15, 0.2) is 24.4 Å². The lowest BCUT2D eigenvalue weighted by molar-refractivity contribution is 0.0951. The van der Waals surface area contributed by atoms with E-state index in [4.69, 9.17) is 0 Å². The van der Waals surface area contributed by atoms with Crippen LogP contribution in [-0.4, -0.2) is 30.1 Å². The zero-order valence-corrected chi connectivity index (χ0v) is 14.5. The van der Waals surface area contributed by atoms with Crippen molar-refractivity contribution in [3.8, 4) is 0 Å². The number of carbonyl (C=O) groups is 1. The Balaban J connectivity index is 1.78. The van der Waals surface area contributed by atoms with E-state index in [1.807, 2.05) is 6.92 Å². The Morgan fingerprint density at radius 1 is 1.38 bits per heavy atom. The lowest BCUT2D eigenvalue weighted by Gasteiger charge is -2.12. The van der Waals surface area contributed by atoms with Gasteiger partial charge in [0.25, 0.3) is 5.91 Å². The number of benzene rings is 1. The van der Waals surface area contributed by atoms with Crippen molar-refractivity contribution >= 4 is 21.6 Å². The summed E-state index contributed by atoms with van der Waals surface area (Å²) in [6.07, 6.45) is 4.88. The third-order valence-electron chi connectivity index (χ3n) is 3.95. The van der Waals surface area contributed by atoms with Crippen LogP contribution in [0.5, 0.6) is 0 Å². The minimum atomic E-state index is -3.46. The average molecular weight is 348 g/mol. The van der Waals surface area contributed by atoms with E-state index in [0.29, 0.717) is 12.1 Å². The van der Waals surface area contributed by atoms with Crippen LogP contribution in [0.25, 0.3) is 0 Å². The topological polar surface area (TPSA) is 93.1 Å². The van der Waals surface area contributed by atoms with Crippen molar-refractivity contribution < 1.29 is 13.2 Å². The van der Waals surface area contributed by atoms with Crippen molar-refractivity contribution in [2.45, 2.75) is 32.9 Å². The fourth-order valence-corrected chi connectivity index (χ4v) is 3.44. The van der Waals surface area contributed by atoms with Gasteiger partial charge in [-0.3, -0.25) is 9.52 Å². The molecule has 8 heteroatoms. The van der Waals surface area contributed by atoms with Gasteiger partial charge in [-0.25, -0.2) is 13.4 Å². The molecule has 0 spiro atoms. The van der Waals surface area contributed by atoms with Gasteiger partial charge in [0.2, 0.25) is 10.0 Å². The number of amides is 1. The Hall–Kier alpha value is -2.35. The third-order valence-corrected chi connectivity index (χ3v) is 4.54. The summed E-state index contributed by atoms with van der Waals surface area (Å²) in [6.45, 7) is 3.13. The number of nitrogens with zero attached hydrogens (tertiary/aromatic N) is 2. The number of aryl methyl sites for hydroxylation is 2. The van der Waals surface area contributed by atoms with E-state index in [1.54, 1.807) is 24.4 Å². The molecule has 0 radical (unpaired) electrons. The molecule has 0 saturated heterocycles. The second-order valence-corrected chi connectivity index (χ2v) is 7.78. The van der Waals surface area contributed by atoms with Gasteiger partial charge < -0.3 is 9.88 Å². The minimum Gasteiger partial charge on any atom is -0.346 e. The van der Waals surface area contributed by atoms with Crippen LogP contribution in [0, 0.1) is 6.92 Å².